The van der Waals surface area contributed by atoms with Crippen molar-refractivity contribution in [1.29, 1.82) is 5.26 Å². The molecule has 2 heterocycles. The van der Waals surface area contributed by atoms with Gasteiger partial charge in [0.15, 0.2) is 23.1 Å². The average molecular weight is 455 g/mol. The monoisotopic (exact) mass is 453 g/mol. The van der Waals surface area contributed by atoms with E-state index in [1.807, 2.05) is 0 Å². The predicted octanol–water partition coefficient (Wildman–Crippen LogP) is 4.46. The van der Waals surface area contributed by atoms with Crippen LogP contribution in [0.2, 0.25) is 0 Å². The molecule has 9 heteroatoms. The van der Waals surface area contributed by atoms with Crippen molar-refractivity contribution in [2.45, 2.75) is 6.92 Å². The molecule has 0 aliphatic carbocycles. The topological polar surface area (TPSA) is 66.6 Å². The van der Waals surface area contributed by atoms with Crippen LogP contribution in [0.5, 0.6) is 0 Å². The summed E-state index contributed by atoms with van der Waals surface area (Å²) in [4.78, 5) is 17.8. The molecule has 0 saturated heterocycles. The number of ketones is 1. The van der Waals surface area contributed by atoms with E-state index in [1.54, 1.807) is 6.07 Å². The molecule has 4 nitrogen and oxygen atoms in total. The molecule has 0 N–H and O–H groups in total. The number of aromatic nitrogens is 2. The zero-order chi connectivity index (χ0) is 16.0. The number of carbonyl (C=O) groups is 1. The number of carbonyl (C=O) groups excluding carboxylic acids is 1. The first-order valence-corrected chi connectivity index (χ1v) is 6.97. The smallest absolute Gasteiger partial charge is 0.181 e. The summed E-state index contributed by atoms with van der Waals surface area (Å²) >= 11 is 6.05. The Kier molecular flexibility index (Phi) is 8.94. The molecule has 0 aliphatic heterocycles. The summed E-state index contributed by atoms with van der Waals surface area (Å²) in [6, 6.07) is 4.03. The van der Waals surface area contributed by atoms with Gasteiger partial charge in [-0.15, -0.1) is 12.4 Å². The lowest BCUT2D eigenvalue weighted by atomic mass is 10.3. The number of rotatable bonds is 1. The molecule has 0 spiro atoms. The van der Waals surface area contributed by atoms with Gasteiger partial charge in [-0.3, -0.25) is 4.79 Å². The van der Waals surface area contributed by atoms with E-state index >= 15 is 0 Å². The summed E-state index contributed by atoms with van der Waals surface area (Å²) in [6.07, 6.45) is 2.77. The molecule has 0 bridgehead atoms. The Morgan fingerprint density at radius 1 is 1.14 bits per heavy atom. The number of hydrogen-bond donors (Lipinski definition) is 0. The van der Waals surface area contributed by atoms with Crippen LogP contribution in [0.15, 0.2) is 33.5 Å². The molecule has 116 valence electrons. The molecule has 0 radical (unpaired) electrons. The van der Waals surface area contributed by atoms with Gasteiger partial charge in [0.05, 0.1) is 0 Å². The van der Waals surface area contributed by atoms with Gasteiger partial charge >= 0.3 is 0 Å². The van der Waals surface area contributed by atoms with Crippen molar-refractivity contribution in [3.05, 3.63) is 56.5 Å². The maximum Gasteiger partial charge on any atom is 0.181 e. The summed E-state index contributed by atoms with van der Waals surface area (Å²) in [5.41, 5.74) is -0.295. The van der Waals surface area contributed by atoms with Crippen LogP contribution in [-0.4, -0.2) is 15.8 Å². The Balaban J connectivity index is 0.000000385. The van der Waals surface area contributed by atoms with E-state index in [0.29, 0.717) is 8.95 Å². The van der Waals surface area contributed by atoms with E-state index in [4.69, 9.17) is 5.26 Å². The van der Waals surface area contributed by atoms with Crippen molar-refractivity contribution in [1.82, 2.24) is 9.97 Å². The fourth-order valence-electron chi connectivity index (χ4n) is 1.17. The van der Waals surface area contributed by atoms with Gasteiger partial charge in [-0.1, -0.05) is 0 Å². The maximum atomic E-state index is 12.8. The minimum atomic E-state index is -0.600. The number of pyridine rings is 2. The largest absolute Gasteiger partial charge is 0.293 e. The molecule has 2 rings (SSSR count). The minimum Gasteiger partial charge on any atom is -0.293 e. The highest BCUT2D eigenvalue weighted by Gasteiger charge is 2.07. The Bertz CT molecular complexity index is 723. The Morgan fingerprint density at radius 2 is 1.64 bits per heavy atom. The molecule has 0 fully saturated rings. The van der Waals surface area contributed by atoms with E-state index in [2.05, 4.69) is 41.8 Å². The third-order valence-corrected chi connectivity index (χ3v) is 2.92. The molecule has 0 atom stereocenters. The van der Waals surface area contributed by atoms with E-state index in [1.165, 1.54) is 31.5 Å². The molecule has 0 amide bonds. The summed E-state index contributed by atoms with van der Waals surface area (Å²) in [7, 11) is 0. The Morgan fingerprint density at radius 3 is 2.05 bits per heavy atom. The minimum absolute atomic E-state index is 0. The summed E-state index contributed by atoms with van der Waals surface area (Å²) in [5.74, 6) is -1.56. The lowest BCUT2D eigenvalue weighted by Crippen LogP contribution is -2.00. The quantitative estimate of drug-likeness (QED) is 0.596. The molecule has 0 aliphatic rings. The van der Waals surface area contributed by atoms with Gasteiger partial charge < -0.3 is 0 Å². The van der Waals surface area contributed by atoms with E-state index in [9.17, 15) is 13.6 Å². The van der Waals surface area contributed by atoms with E-state index in [-0.39, 0.29) is 29.6 Å². The first-order chi connectivity index (χ1) is 9.85. The fourth-order valence-corrected chi connectivity index (χ4v) is 1.78. The second kappa shape index (κ2) is 9.56. The van der Waals surface area contributed by atoms with Crippen molar-refractivity contribution in [3.63, 3.8) is 0 Å². The van der Waals surface area contributed by atoms with Crippen molar-refractivity contribution < 1.29 is 13.6 Å². The van der Waals surface area contributed by atoms with Gasteiger partial charge in [0.1, 0.15) is 11.8 Å². The third kappa shape index (κ3) is 6.13. The molecule has 22 heavy (non-hydrogen) atoms. The molecular weight excluding hydrogens is 447 g/mol. The Hall–Kier alpha value is -1.43. The van der Waals surface area contributed by atoms with Crippen LogP contribution < -0.4 is 0 Å². The van der Waals surface area contributed by atoms with Crippen molar-refractivity contribution in [2.24, 2.45) is 0 Å². The lowest BCUT2D eigenvalue weighted by Gasteiger charge is -1.96. The second-order valence-electron chi connectivity index (χ2n) is 3.64. The van der Waals surface area contributed by atoms with Crippen LogP contribution in [-0.2, 0) is 0 Å². The SMILES string of the molecule is CC(=O)c1ncc(Br)cc1F.Cl.N#Cc1ncc(Br)cc1F. The highest BCUT2D eigenvalue weighted by Crippen LogP contribution is 2.12. The van der Waals surface area contributed by atoms with E-state index < -0.39 is 11.6 Å². The van der Waals surface area contributed by atoms with Crippen LogP contribution in [0.25, 0.3) is 0 Å². The summed E-state index contributed by atoms with van der Waals surface area (Å²) in [5, 5.41) is 8.24. The highest BCUT2D eigenvalue weighted by atomic mass is 79.9. The number of nitrogens with zero attached hydrogens (tertiary/aromatic N) is 3. The zero-order valence-electron chi connectivity index (χ0n) is 11.0. The normalized spacial score (nSPS) is 8.91. The average Bonchev–Trinajstić information content (AvgIpc) is 2.39. The molecule has 0 saturated carbocycles. The highest BCUT2D eigenvalue weighted by molar-refractivity contribution is 9.10. The molecule has 0 unspecified atom stereocenters. The van der Waals surface area contributed by atoms with Gasteiger partial charge in [0.25, 0.3) is 0 Å². The van der Waals surface area contributed by atoms with Gasteiger partial charge in [-0.05, 0) is 44.0 Å². The fraction of sp³-hybridized carbons (Fsp3) is 0.0769. The van der Waals surface area contributed by atoms with Crippen LogP contribution in [0.3, 0.4) is 0 Å². The standard InChI is InChI=1S/C7H5BrFNO.C6H2BrFN2.ClH/c1-4(11)7-6(9)2-5(8)3-10-7;7-4-1-5(8)6(2-9)10-3-4;/h2-3H,1H3;1,3H;1H. The Labute approximate surface area is 148 Å². The van der Waals surface area contributed by atoms with Gasteiger partial charge in [-0.2, -0.15) is 5.26 Å². The molecule has 0 aromatic carbocycles. The lowest BCUT2D eigenvalue weighted by molar-refractivity contribution is 0.100. The van der Waals surface area contributed by atoms with Crippen molar-refractivity contribution in [3.8, 4) is 6.07 Å². The second-order valence-corrected chi connectivity index (χ2v) is 5.47. The molecule has 2 aromatic rings. The van der Waals surface area contributed by atoms with E-state index in [0.717, 1.165) is 0 Å². The number of hydrogen-bond acceptors (Lipinski definition) is 4. The van der Waals surface area contributed by atoms with Gasteiger partial charge in [0, 0.05) is 28.3 Å². The number of Topliss-reactive ketones (excluding diaryl/α,β-unsaturated/α-hetero) is 1. The summed E-state index contributed by atoms with van der Waals surface area (Å²) in [6.45, 7) is 1.28. The number of nitriles is 1. The van der Waals surface area contributed by atoms with Crippen LogP contribution >= 0.6 is 44.3 Å². The van der Waals surface area contributed by atoms with Crippen molar-refractivity contribution >= 4 is 50.1 Å². The molecular formula is C13H8Br2ClF2N3O. The van der Waals surface area contributed by atoms with Crippen LogP contribution in [0.1, 0.15) is 23.1 Å². The predicted molar refractivity (Wildman–Crippen MR) is 85.8 cm³/mol. The number of halogens is 5. The van der Waals surface area contributed by atoms with Crippen molar-refractivity contribution in [2.75, 3.05) is 0 Å². The third-order valence-electron chi connectivity index (χ3n) is 2.06. The first kappa shape index (κ1) is 20.6. The summed E-state index contributed by atoms with van der Waals surface area (Å²) < 4.78 is 26.4. The van der Waals surface area contributed by atoms with Gasteiger partial charge in [0.2, 0.25) is 0 Å². The van der Waals surface area contributed by atoms with Gasteiger partial charge in [-0.25, -0.2) is 18.7 Å². The first-order valence-electron chi connectivity index (χ1n) is 5.38. The molecule has 2 aromatic heterocycles. The zero-order valence-corrected chi connectivity index (χ0v) is 15.0. The van der Waals surface area contributed by atoms with Crippen LogP contribution in [0.4, 0.5) is 8.78 Å². The maximum absolute atomic E-state index is 12.8. The van der Waals surface area contributed by atoms with Crippen LogP contribution in [0, 0.1) is 23.0 Å².